The van der Waals surface area contributed by atoms with Crippen LogP contribution in [0.1, 0.15) is 79.1 Å². The first-order valence-corrected chi connectivity index (χ1v) is 8.53. The second kappa shape index (κ2) is 8.40. The van der Waals surface area contributed by atoms with Gasteiger partial charge in [-0.05, 0) is 27.2 Å². The zero-order valence-corrected chi connectivity index (χ0v) is 14.2. The topological polar surface area (TPSA) is 49.4 Å². The highest BCUT2D eigenvalue weighted by atomic mass is 16.2. The summed E-state index contributed by atoms with van der Waals surface area (Å²) in [7, 11) is 0. The van der Waals surface area contributed by atoms with E-state index in [0.717, 1.165) is 12.8 Å². The molecule has 0 saturated carbocycles. The van der Waals surface area contributed by atoms with Crippen LogP contribution in [0.4, 0.5) is 0 Å². The van der Waals surface area contributed by atoms with Crippen molar-refractivity contribution in [2.75, 3.05) is 6.54 Å². The van der Waals surface area contributed by atoms with Crippen LogP contribution >= 0.6 is 0 Å². The molecule has 0 bridgehead atoms. The van der Waals surface area contributed by atoms with Crippen molar-refractivity contribution < 1.29 is 9.59 Å². The molecular formula is C17H32N2O2. The van der Waals surface area contributed by atoms with Gasteiger partial charge in [0.2, 0.25) is 11.8 Å². The van der Waals surface area contributed by atoms with E-state index in [1.807, 2.05) is 13.8 Å². The fraction of sp³-hybridized carbons (Fsp3) is 0.882. The van der Waals surface area contributed by atoms with Crippen molar-refractivity contribution in [3.63, 3.8) is 0 Å². The lowest BCUT2D eigenvalue weighted by Gasteiger charge is -2.43. The molecular weight excluding hydrogens is 264 g/mol. The molecule has 0 aromatic carbocycles. The average molecular weight is 296 g/mol. The maximum Gasteiger partial charge on any atom is 0.246 e. The molecule has 4 heteroatoms. The summed E-state index contributed by atoms with van der Waals surface area (Å²) in [4.78, 5) is 26.0. The van der Waals surface area contributed by atoms with Crippen molar-refractivity contribution in [1.29, 1.82) is 0 Å². The fourth-order valence-corrected chi connectivity index (χ4v) is 2.86. The summed E-state index contributed by atoms with van der Waals surface area (Å²) in [5, 5.41) is 2.75. The summed E-state index contributed by atoms with van der Waals surface area (Å²) in [6.45, 7) is 8.34. The van der Waals surface area contributed by atoms with Gasteiger partial charge in [0.1, 0.15) is 11.6 Å². The third-order valence-electron chi connectivity index (χ3n) is 4.45. The van der Waals surface area contributed by atoms with Crippen LogP contribution in [0, 0.1) is 0 Å². The van der Waals surface area contributed by atoms with Gasteiger partial charge in [-0.1, -0.05) is 51.9 Å². The Morgan fingerprint density at radius 1 is 1.00 bits per heavy atom. The Morgan fingerprint density at radius 2 is 1.52 bits per heavy atom. The Morgan fingerprint density at radius 3 is 2.10 bits per heavy atom. The minimum atomic E-state index is -0.718. The van der Waals surface area contributed by atoms with E-state index in [1.165, 1.54) is 38.5 Å². The van der Waals surface area contributed by atoms with E-state index in [0.29, 0.717) is 6.54 Å². The summed E-state index contributed by atoms with van der Waals surface area (Å²) in [6.07, 6.45) is 9.93. The molecule has 0 radical (unpaired) electrons. The minimum Gasteiger partial charge on any atom is -0.343 e. The van der Waals surface area contributed by atoms with Crippen molar-refractivity contribution in [3.05, 3.63) is 0 Å². The Bertz CT molecular complexity index is 353. The smallest absolute Gasteiger partial charge is 0.246 e. The van der Waals surface area contributed by atoms with Gasteiger partial charge in [0.05, 0.1) is 0 Å². The van der Waals surface area contributed by atoms with Crippen LogP contribution in [0.5, 0.6) is 0 Å². The molecule has 1 saturated heterocycles. The number of carbonyl (C=O) groups excluding carboxylic acids is 2. The molecule has 1 atom stereocenters. The van der Waals surface area contributed by atoms with Gasteiger partial charge in [-0.2, -0.15) is 0 Å². The first-order chi connectivity index (χ1) is 9.91. The van der Waals surface area contributed by atoms with Gasteiger partial charge in [0.15, 0.2) is 0 Å². The average Bonchev–Trinajstić information content (AvgIpc) is 2.43. The summed E-state index contributed by atoms with van der Waals surface area (Å²) < 4.78 is 0. The quantitative estimate of drug-likeness (QED) is 0.664. The molecule has 1 unspecified atom stereocenters. The van der Waals surface area contributed by atoms with Gasteiger partial charge in [0.25, 0.3) is 0 Å². The third kappa shape index (κ3) is 5.01. The fourth-order valence-electron chi connectivity index (χ4n) is 2.86. The van der Waals surface area contributed by atoms with Gasteiger partial charge >= 0.3 is 0 Å². The molecule has 4 nitrogen and oxygen atoms in total. The molecule has 1 aliphatic heterocycles. The van der Waals surface area contributed by atoms with Crippen molar-refractivity contribution in [2.24, 2.45) is 0 Å². The Balaban J connectivity index is 2.29. The van der Waals surface area contributed by atoms with E-state index in [4.69, 9.17) is 0 Å². The molecule has 1 aliphatic rings. The monoisotopic (exact) mass is 296 g/mol. The number of carbonyl (C=O) groups is 2. The lowest BCUT2D eigenvalue weighted by molar-refractivity contribution is -0.154. The van der Waals surface area contributed by atoms with Crippen molar-refractivity contribution in [2.45, 2.75) is 90.6 Å². The Hall–Kier alpha value is -1.06. The number of hydrogen-bond donors (Lipinski definition) is 1. The van der Waals surface area contributed by atoms with E-state index in [9.17, 15) is 9.59 Å². The van der Waals surface area contributed by atoms with Crippen LogP contribution in [0.3, 0.4) is 0 Å². The molecule has 122 valence electrons. The van der Waals surface area contributed by atoms with Crippen LogP contribution in [0.25, 0.3) is 0 Å². The van der Waals surface area contributed by atoms with Crippen LogP contribution in [-0.4, -0.2) is 34.8 Å². The third-order valence-corrected chi connectivity index (χ3v) is 4.45. The Labute approximate surface area is 129 Å². The van der Waals surface area contributed by atoms with Crippen LogP contribution < -0.4 is 5.32 Å². The van der Waals surface area contributed by atoms with Crippen LogP contribution in [-0.2, 0) is 9.59 Å². The summed E-state index contributed by atoms with van der Waals surface area (Å²) in [5.41, 5.74) is -0.718. The van der Waals surface area contributed by atoms with Gasteiger partial charge in [-0.25, -0.2) is 0 Å². The standard InChI is InChI=1S/C17H32N2O2/c1-5-6-7-8-9-10-11-12-13-19-15(20)14(2)18-16(21)17(19,3)4/h14H,5-13H2,1-4H3,(H,18,21). The second-order valence-corrected chi connectivity index (χ2v) is 6.72. The first-order valence-electron chi connectivity index (χ1n) is 8.53. The highest BCUT2D eigenvalue weighted by Gasteiger charge is 2.44. The maximum absolute atomic E-state index is 12.2. The number of hydrogen-bond acceptors (Lipinski definition) is 2. The SMILES string of the molecule is CCCCCCCCCCN1C(=O)C(C)NC(=O)C1(C)C. The van der Waals surface area contributed by atoms with E-state index in [2.05, 4.69) is 12.2 Å². The zero-order chi connectivity index (χ0) is 15.9. The molecule has 1 fully saturated rings. The van der Waals surface area contributed by atoms with Crippen molar-refractivity contribution >= 4 is 11.8 Å². The molecule has 2 amide bonds. The maximum atomic E-state index is 12.2. The van der Waals surface area contributed by atoms with E-state index in [-0.39, 0.29) is 17.9 Å². The molecule has 0 aliphatic carbocycles. The predicted molar refractivity (Wildman–Crippen MR) is 86.0 cm³/mol. The van der Waals surface area contributed by atoms with Gasteiger partial charge < -0.3 is 10.2 Å². The second-order valence-electron chi connectivity index (χ2n) is 6.72. The highest BCUT2D eigenvalue weighted by molar-refractivity contribution is 5.99. The van der Waals surface area contributed by atoms with Gasteiger partial charge in [0, 0.05) is 6.54 Å². The number of amides is 2. The Kier molecular flexibility index (Phi) is 7.20. The highest BCUT2D eigenvalue weighted by Crippen LogP contribution is 2.22. The molecule has 0 aromatic heterocycles. The minimum absolute atomic E-state index is 0.0440. The van der Waals surface area contributed by atoms with E-state index in [1.54, 1.807) is 11.8 Å². The predicted octanol–water partition coefficient (Wildman–Crippen LogP) is 3.25. The lowest BCUT2D eigenvalue weighted by atomic mass is 9.95. The summed E-state index contributed by atoms with van der Waals surface area (Å²) in [6, 6.07) is -0.389. The number of nitrogens with one attached hydrogen (secondary N) is 1. The molecule has 0 spiro atoms. The van der Waals surface area contributed by atoms with Crippen molar-refractivity contribution in [1.82, 2.24) is 10.2 Å². The largest absolute Gasteiger partial charge is 0.343 e. The molecule has 1 rings (SSSR count). The number of unbranched alkanes of at least 4 members (excludes halogenated alkanes) is 7. The molecule has 0 aromatic rings. The number of rotatable bonds is 9. The summed E-state index contributed by atoms with van der Waals surface area (Å²) >= 11 is 0. The number of piperazine rings is 1. The molecule has 1 heterocycles. The van der Waals surface area contributed by atoms with E-state index >= 15 is 0 Å². The zero-order valence-electron chi connectivity index (χ0n) is 14.2. The number of nitrogens with zero attached hydrogens (tertiary/aromatic N) is 1. The normalized spacial score (nSPS) is 21.5. The first kappa shape index (κ1) is 18.0. The van der Waals surface area contributed by atoms with E-state index < -0.39 is 5.54 Å². The van der Waals surface area contributed by atoms with Crippen molar-refractivity contribution in [3.8, 4) is 0 Å². The lowest BCUT2D eigenvalue weighted by Crippen LogP contribution is -2.67. The van der Waals surface area contributed by atoms with Crippen LogP contribution in [0.15, 0.2) is 0 Å². The van der Waals surface area contributed by atoms with Gasteiger partial charge in [-0.3, -0.25) is 9.59 Å². The molecule has 21 heavy (non-hydrogen) atoms. The van der Waals surface area contributed by atoms with Gasteiger partial charge in [-0.15, -0.1) is 0 Å². The molecule has 1 N–H and O–H groups in total. The van der Waals surface area contributed by atoms with Crippen LogP contribution in [0.2, 0.25) is 0 Å². The summed E-state index contributed by atoms with van der Waals surface area (Å²) in [5.74, 6) is -0.00304.